The van der Waals surface area contributed by atoms with Gasteiger partial charge in [-0.3, -0.25) is 4.90 Å². The van der Waals surface area contributed by atoms with Crippen LogP contribution >= 0.6 is 11.8 Å². The molecule has 6 nitrogen and oxygen atoms in total. The first-order valence-electron chi connectivity index (χ1n) is 7.53. The van der Waals surface area contributed by atoms with Crippen molar-refractivity contribution >= 4 is 23.8 Å². The summed E-state index contributed by atoms with van der Waals surface area (Å²) in [5, 5.41) is 19.5. The number of aliphatic hydroxyl groups is 1. The van der Waals surface area contributed by atoms with Gasteiger partial charge in [-0.25, -0.2) is 9.59 Å². The van der Waals surface area contributed by atoms with Crippen molar-refractivity contribution in [1.82, 2.24) is 9.80 Å². The highest BCUT2D eigenvalue weighted by molar-refractivity contribution is 8.00. The summed E-state index contributed by atoms with van der Waals surface area (Å²) >= 11 is 1.58. The normalized spacial score (nSPS) is 36.9. The molecule has 1 aliphatic carbocycles. The number of piperidine rings is 1. The molecule has 118 valence electrons. The molecule has 0 spiro atoms. The molecule has 0 aromatic rings. The molecule has 2 N–H and O–H groups in total. The third-order valence-corrected chi connectivity index (χ3v) is 5.97. The van der Waals surface area contributed by atoms with E-state index in [2.05, 4.69) is 0 Å². The van der Waals surface area contributed by atoms with Crippen LogP contribution in [0.15, 0.2) is 0 Å². The number of aliphatic carboxylic acids is 1. The number of thioether (sulfide) groups is 1. The summed E-state index contributed by atoms with van der Waals surface area (Å²) < 4.78 is 0. The summed E-state index contributed by atoms with van der Waals surface area (Å²) in [5.74, 6) is -0.0247. The van der Waals surface area contributed by atoms with Gasteiger partial charge >= 0.3 is 12.0 Å². The lowest BCUT2D eigenvalue weighted by Crippen LogP contribution is -2.57. The number of amides is 2. The van der Waals surface area contributed by atoms with Gasteiger partial charge in [0.1, 0.15) is 6.04 Å². The van der Waals surface area contributed by atoms with Gasteiger partial charge < -0.3 is 15.1 Å². The molecule has 3 aliphatic rings. The molecule has 3 unspecified atom stereocenters. The second-order valence-corrected chi connectivity index (χ2v) is 7.78. The maximum atomic E-state index is 12.8. The molecule has 0 aromatic carbocycles. The Bertz CT molecular complexity index is 452. The maximum Gasteiger partial charge on any atom is 0.327 e. The Morgan fingerprint density at radius 3 is 2.62 bits per heavy atom. The first-order valence-corrected chi connectivity index (χ1v) is 8.58. The number of carbonyl (C=O) groups excluding carboxylic acids is 1. The van der Waals surface area contributed by atoms with E-state index in [9.17, 15) is 19.8 Å². The predicted octanol–water partition coefficient (Wildman–Crippen LogP) is 1.19. The van der Waals surface area contributed by atoms with E-state index in [1.165, 1.54) is 0 Å². The van der Waals surface area contributed by atoms with Crippen LogP contribution in [0.25, 0.3) is 0 Å². The number of nitrogens with zero attached hydrogens (tertiary/aromatic N) is 2. The molecular formula is C14H22N2O4S. The summed E-state index contributed by atoms with van der Waals surface area (Å²) in [7, 11) is 0. The molecule has 2 saturated heterocycles. The van der Waals surface area contributed by atoms with E-state index >= 15 is 0 Å². The summed E-state index contributed by atoms with van der Waals surface area (Å²) in [6.07, 6.45) is 3.59. The Hall–Kier alpha value is -0.950. The van der Waals surface area contributed by atoms with Crippen LogP contribution in [-0.2, 0) is 4.79 Å². The van der Waals surface area contributed by atoms with Crippen molar-refractivity contribution in [2.24, 2.45) is 5.92 Å². The van der Waals surface area contributed by atoms with Crippen molar-refractivity contribution in [2.45, 2.75) is 49.6 Å². The van der Waals surface area contributed by atoms with E-state index in [1.807, 2.05) is 0 Å². The number of rotatable bonds is 2. The third-order valence-electron chi connectivity index (χ3n) is 4.51. The first-order chi connectivity index (χ1) is 9.89. The number of carbonyl (C=O) groups is 2. The Kier molecular flexibility index (Phi) is 3.81. The molecule has 2 amide bonds. The van der Waals surface area contributed by atoms with E-state index < -0.39 is 17.6 Å². The van der Waals surface area contributed by atoms with E-state index in [1.54, 1.807) is 28.5 Å². The number of carboxylic acids is 1. The van der Waals surface area contributed by atoms with E-state index in [0.29, 0.717) is 24.6 Å². The van der Waals surface area contributed by atoms with Gasteiger partial charge in [0.05, 0.1) is 17.5 Å². The topological polar surface area (TPSA) is 81.1 Å². The molecule has 0 radical (unpaired) electrons. The summed E-state index contributed by atoms with van der Waals surface area (Å²) in [6, 6.07) is -0.954. The van der Waals surface area contributed by atoms with Gasteiger partial charge in [0.15, 0.2) is 0 Å². The van der Waals surface area contributed by atoms with Crippen molar-refractivity contribution in [1.29, 1.82) is 0 Å². The molecule has 3 rings (SSSR count). The number of β-amino-alcohol motifs (C(OH)–C–C–N with tert-alkyl or cyclic N) is 1. The predicted molar refractivity (Wildman–Crippen MR) is 79.1 cm³/mol. The van der Waals surface area contributed by atoms with Gasteiger partial charge in [-0.2, -0.15) is 0 Å². The van der Waals surface area contributed by atoms with Crippen molar-refractivity contribution in [3.05, 3.63) is 0 Å². The molecule has 2 aliphatic heterocycles. The monoisotopic (exact) mass is 314 g/mol. The highest BCUT2D eigenvalue weighted by Gasteiger charge is 2.49. The minimum Gasteiger partial charge on any atom is -0.480 e. The van der Waals surface area contributed by atoms with Crippen LogP contribution in [0.1, 0.15) is 32.6 Å². The molecule has 0 bridgehead atoms. The molecule has 0 aromatic heterocycles. The molecule has 1 saturated carbocycles. The van der Waals surface area contributed by atoms with Gasteiger partial charge in [-0.15, -0.1) is 11.8 Å². The average Bonchev–Trinajstić information content (AvgIpc) is 3.15. The van der Waals surface area contributed by atoms with E-state index in [4.69, 9.17) is 0 Å². The lowest BCUT2D eigenvalue weighted by atomic mass is 9.95. The second kappa shape index (κ2) is 5.35. The maximum absolute atomic E-state index is 12.8. The fourth-order valence-electron chi connectivity index (χ4n) is 3.25. The van der Waals surface area contributed by atoms with Crippen molar-refractivity contribution < 1.29 is 19.8 Å². The molecule has 3 fully saturated rings. The Morgan fingerprint density at radius 2 is 2.05 bits per heavy atom. The number of hydrogen-bond donors (Lipinski definition) is 2. The molecule has 3 atom stereocenters. The van der Waals surface area contributed by atoms with Gasteiger partial charge in [0.25, 0.3) is 0 Å². The fourth-order valence-corrected chi connectivity index (χ4v) is 4.88. The number of urea groups is 1. The molecular weight excluding hydrogens is 292 g/mol. The summed E-state index contributed by atoms with van der Waals surface area (Å²) in [4.78, 5) is 27.4. The van der Waals surface area contributed by atoms with Crippen LogP contribution in [0.2, 0.25) is 0 Å². The molecule has 2 heterocycles. The number of hydrogen-bond acceptors (Lipinski definition) is 4. The van der Waals surface area contributed by atoms with Gasteiger partial charge in [0.2, 0.25) is 0 Å². The number of likely N-dealkylation sites (tertiary alicyclic amines) is 1. The fraction of sp³-hybridized carbons (Fsp3) is 0.857. The lowest BCUT2D eigenvalue weighted by molar-refractivity contribution is -0.141. The highest BCUT2D eigenvalue weighted by Crippen LogP contribution is 2.46. The smallest absolute Gasteiger partial charge is 0.327 e. The van der Waals surface area contributed by atoms with E-state index in [0.717, 1.165) is 19.3 Å². The zero-order valence-corrected chi connectivity index (χ0v) is 13.0. The van der Waals surface area contributed by atoms with Crippen LogP contribution < -0.4 is 0 Å². The SMILES string of the molecule is CC1(O)CCCN(C(=O)N2C(C(=O)O)CSC2C2CC2)C1. The zero-order valence-electron chi connectivity index (χ0n) is 12.2. The van der Waals surface area contributed by atoms with Gasteiger partial charge in [-0.05, 0) is 38.5 Å². The van der Waals surface area contributed by atoms with Crippen LogP contribution in [-0.4, -0.2) is 67.9 Å². The summed E-state index contributed by atoms with van der Waals surface area (Å²) in [6.45, 7) is 2.62. The molecule has 7 heteroatoms. The van der Waals surface area contributed by atoms with Crippen LogP contribution in [0.5, 0.6) is 0 Å². The summed E-state index contributed by atoms with van der Waals surface area (Å²) in [5.41, 5.74) is -0.866. The third kappa shape index (κ3) is 2.99. The van der Waals surface area contributed by atoms with Crippen LogP contribution in [0.3, 0.4) is 0 Å². The first kappa shape index (κ1) is 15.0. The largest absolute Gasteiger partial charge is 0.480 e. The van der Waals surface area contributed by atoms with Crippen LogP contribution in [0.4, 0.5) is 4.79 Å². The molecule has 21 heavy (non-hydrogen) atoms. The lowest BCUT2D eigenvalue weighted by Gasteiger charge is -2.40. The number of carboxylic acid groups (broad SMARTS) is 1. The Labute approximate surface area is 128 Å². The van der Waals surface area contributed by atoms with Crippen molar-refractivity contribution in [3.8, 4) is 0 Å². The van der Waals surface area contributed by atoms with E-state index in [-0.39, 0.29) is 17.9 Å². The standard InChI is InChI=1S/C14H22N2O4S/c1-14(20)5-2-6-15(8-14)13(19)16-10(12(17)18)7-21-11(16)9-3-4-9/h9-11,20H,2-8H2,1H3,(H,17,18). The van der Waals surface area contributed by atoms with Crippen molar-refractivity contribution in [3.63, 3.8) is 0 Å². The van der Waals surface area contributed by atoms with Crippen LogP contribution in [0, 0.1) is 5.92 Å². The van der Waals surface area contributed by atoms with Gasteiger partial charge in [0, 0.05) is 12.3 Å². The highest BCUT2D eigenvalue weighted by atomic mass is 32.2. The Balaban J connectivity index is 1.77. The Morgan fingerprint density at radius 1 is 1.33 bits per heavy atom. The quantitative estimate of drug-likeness (QED) is 0.800. The minimum atomic E-state index is -0.928. The second-order valence-electron chi connectivity index (χ2n) is 6.63. The van der Waals surface area contributed by atoms with Crippen molar-refractivity contribution in [2.75, 3.05) is 18.8 Å². The zero-order chi connectivity index (χ0) is 15.2. The average molecular weight is 314 g/mol. The van der Waals surface area contributed by atoms with Gasteiger partial charge in [-0.1, -0.05) is 0 Å². The minimum absolute atomic E-state index is 0.00882.